The van der Waals surface area contributed by atoms with Gasteiger partial charge in [0.2, 0.25) is 0 Å². The Morgan fingerprint density at radius 1 is 1.54 bits per heavy atom. The second-order valence-electron chi connectivity index (χ2n) is 3.67. The van der Waals surface area contributed by atoms with E-state index in [1.54, 1.807) is 7.11 Å². The van der Waals surface area contributed by atoms with Crippen LogP contribution in [-0.2, 0) is 4.74 Å². The highest BCUT2D eigenvalue weighted by Gasteiger charge is 2.09. The predicted molar refractivity (Wildman–Crippen MR) is 55.7 cm³/mol. The fourth-order valence-electron chi connectivity index (χ4n) is 1.43. The predicted octanol–water partition coefficient (Wildman–Crippen LogP) is 2.38. The molecule has 2 heteroatoms. The minimum atomic E-state index is -0.176. The molecule has 2 unspecified atom stereocenters. The van der Waals surface area contributed by atoms with Gasteiger partial charge in [0.25, 0.3) is 0 Å². The van der Waals surface area contributed by atoms with Gasteiger partial charge in [0.15, 0.2) is 0 Å². The largest absolute Gasteiger partial charge is 0.393 e. The Hall–Kier alpha value is -0.340. The minimum absolute atomic E-state index is 0.176. The third-order valence-corrected chi connectivity index (χ3v) is 2.07. The van der Waals surface area contributed by atoms with Crippen molar-refractivity contribution in [2.24, 2.45) is 5.92 Å². The summed E-state index contributed by atoms with van der Waals surface area (Å²) in [5.41, 5.74) is 0. The van der Waals surface area contributed by atoms with Gasteiger partial charge in [-0.15, -0.1) is 6.58 Å². The molecule has 78 valence electrons. The van der Waals surface area contributed by atoms with Crippen LogP contribution < -0.4 is 0 Å². The Kier molecular flexibility index (Phi) is 8.05. The summed E-state index contributed by atoms with van der Waals surface area (Å²) in [7, 11) is 1.70. The Morgan fingerprint density at radius 3 is 2.77 bits per heavy atom. The van der Waals surface area contributed by atoms with Crippen molar-refractivity contribution in [2.45, 2.75) is 38.7 Å². The molecular weight excluding hydrogens is 164 g/mol. The molecule has 0 saturated heterocycles. The van der Waals surface area contributed by atoms with Gasteiger partial charge in [-0.05, 0) is 31.6 Å². The van der Waals surface area contributed by atoms with Crippen LogP contribution in [0.25, 0.3) is 0 Å². The summed E-state index contributed by atoms with van der Waals surface area (Å²) in [5.74, 6) is 0.448. The first-order valence-corrected chi connectivity index (χ1v) is 4.98. The number of unbranched alkanes of at least 4 members (excludes halogenated alkanes) is 1. The van der Waals surface area contributed by atoms with Gasteiger partial charge in [-0.1, -0.05) is 13.0 Å². The molecule has 0 amide bonds. The first-order valence-electron chi connectivity index (χ1n) is 4.98. The summed E-state index contributed by atoms with van der Waals surface area (Å²) in [6.07, 6.45) is 5.46. The monoisotopic (exact) mass is 186 g/mol. The second kappa shape index (κ2) is 8.27. The summed E-state index contributed by atoms with van der Waals surface area (Å²) < 4.78 is 5.00. The summed E-state index contributed by atoms with van der Waals surface area (Å²) in [4.78, 5) is 0. The SMILES string of the molecule is C=CCCCC(O)CC(C)COC. The molecule has 0 heterocycles. The van der Waals surface area contributed by atoms with Crippen molar-refractivity contribution in [3.05, 3.63) is 12.7 Å². The van der Waals surface area contributed by atoms with Gasteiger partial charge < -0.3 is 9.84 Å². The van der Waals surface area contributed by atoms with Gasteiger partial charge >= 0.3 is 0 Å². The first-order chi connectivity index (χ1) is 6.20. The van der Waals surface area contributed by atoms with E-state index in [0.717, 1.165) is 32.3 Å². The number of hydrogen-bond acceptors (Lipinski definition) is 2. The van der Waals surface area contributed by atoms with E-state index in [1.165, 1.54) is 0 Å². The second-order valence-corrected chi connectivity index (χ2v) is 3.67. The van der Waals surface area contributed by atoms with Crippen LogP contribution in [0.3, 0.4) is 0 Å². The molecule has 2 atom stereocenters. The summed E-state index contributed by atoms with van der Waals surface area (Å²) in [6, 6.07) is 0. The molecule has 0 aromatic heterocycles. The highest BCUT2D eigenvalue weighted by Crippen LogP contribution is 2.11. The Labute approximate surface area is 81.6 Å². The van der Waals surface area contributed by atoms with Gasteiger partial charge in [0.1, 0.15) is 0 Å². The van der Waals surface area contributed by atoms with E-state index in [9.17, 15) is 5.11 Å². The van der Waals surface area contributed by atoms with Crippen LogP contribution in [0, 0.1) is 5.92 Å². The Balaban J connectivity index is 3.37. The normalized spacial score (nSPS) is 15.3. The van der Waals surface area contributed by atoms with E-state index in [2.05, 4.69) is 13.5 Å². The van der Waals surface area contributed by atoms with E-state index in [0.29, 0.717) is 5.92 Å². The summed E-state index contributed by atoms with van der Waals surface area (Å²) >= 11 is 0. The molecule has 0 aliphatic heterocycles. The number of rotatable bonds is 8. The molecule has 0 aliphatic carbocycles. The molecule has 0 spiro atoms. The van der Waals surface area contributed by atoms with E-state index in [4.69, 9.17) is 4.74 Å². The third kappa shape index (κ3) is 8.00. The van der Waals surface area contributed by atoms with E-state index >= 15 is 0 Å². The van der Waals surface area contributed by atoms with Crippen LogP contribution in [0.1, 0.15) is 32.6 Å². The van der Waals surface area contributed by atoms with Crippen molar-refractivity contribution < 1.29 is 9.84 Å². The first kappa shape index (κ1) is 12.7. The van der Waals surface area contributed by atoms with Crippen molar-refractivity contribution >= 4 is 0 Å². The van der Waals surface area contributed by atoms with Crippen molar-refractivity contribution in [3.8, 4) is 0 Å². The summed E-state index contributed by atoms with van der Waals surface area (Å²) in [5, 5.41) is 9.58. The Bertz CT molecular complexity index is 123. The number of allylic oxidation sites excluding steroid dienone is 1. The molecular formula is C11H22O2. The molecule has 0 rings (SSSR count). The maximum Gasteiger partial charge on any atom is 0.0543 e. The molecule has 0 radical (unpaired) electrons. The molecule has 0 aliphatic rings. The van der Waals surface area contributed by atoms with Gasteiger partial charge in [0, 0.05) is 13.7 Å². The van der Waals surface area contributed by atoms with Gasteiger partial charge in [0.05, 0.1) is 6.10 Å². The van der Waals surface area contributed by atoms with Gasteiger partial charge in [-0.3, -0.25) is 0 Å². The fraction of sp³-hybridized carbons (Fsp3) is 0.818. The molecule has 0 bridgehead atoms. The highest BCUT2D eigenvalue weighted by molar-refractivity contribution is 4.68. The number of ether oxygens (including phenoxy) is 1. The standard InChI is InChI=1S/C11H22O2/c1-4-5-6-7-11(12)8-10(2)9-13-3/h4,10-12H,1,5-9H2,2-3H3. The maximum absolute atomic E-state index is 9.58. The smallest absolute Gasteiger partial charge is 0.0543 e. The topological polar surface area (TPSA) is 29.5 Å². The zero-order valence-electron chi connectivity index (χ0n) is 8.83. The van der Waals surface area contributed by atoms with Crippen molar-refractivity contribution in [2.75, 3.05) is 13.7 Å². The van der Waals surface area contributed by atoms with Crippen LogP contribution in [0.2, 0.25) is 0 Å². The molecule has 0 aromatic rings. The molecule has 0 saturated carbocycles. The van der Waals surface area contributed by atoms with Gasteiger partial charge in [-0.25, -0.2) is 0 Å². The van der Waals surface area contributed by atoms with Crippen LogP contribution in [-0.4, -0.2) is 24.9 Å². The van der Waals surface area contributed by atoms with E-state index in [1.807, 2.05) is 6.08 Å². The van der Waals surface area contributed by atoms with Crippen LogP contribution in [0.4, 0.5) is 0 Å². The number of hydrogen-bond donors (Lipinski definition) is 1. The van der Waals surface area contributed by atoms with Crippen LogP contribution in [0.5, 0.6) is 0 Å². The quantitative estimate of drug-likeness (QED) is 0.466. The molecule has 2 nitrogen and oxygen atoms in total. The Morgan fingerprint density at radius 2 is 2.23 bits per heavy atom. The summed E-state index contributed by atoms with van der Waals surface area (Å²) in [6.45, 7) is 6.48. The highest BCUT2D eigenvalue weighted by atomic mass is 16.5. The number of aliphatic hydroxyl groups excluding tert-OH is 1. The van der Waals surface area contributed by atoms with Crippen molar-refractivity contribution in [3.63, 3.8) is 0 Å². The minimum Gasteiger partial charge on any atom is -0.393 e. The van der Waals surface area contributed by atoms with E-state index < -0.39 is 0 Å². The molecule has 13 heavy (non-hydrogen) atoms. The van der Waals surface area contributed by atoms with E-state index in [-0.39, 0.29) is 6.10 Å². The lowest BCUT2D eigenvalue weighted by molar-refractivity contribution is 0.0955. The third-order valence-electron chi connectivity index (χ3n) is 2.07. The average Bonchev–Trinajstić information content (AvgIpc) is 2.05. The fourth-order valence-corrected chi connectivity index (χ4v) is 1.43. The van der Waals surface area contributed by atoms with Crippen LogP contribution in [0.15, 0.2) is 12.7 Å². The number of aliphatic hydroxyl groups is 1. The lowest BCUT2D eigenvalue weighted by atomic mass is 10.0. The van der Waals surface area contributed by atoms with Gasteiger partial charge in [-0.2, -0.15) is 0 Å². The zero-order chi connectivity index (χ0) is 10.1. The maximum atomic E-state index is 9.58. The lowest BCUT2D eigenvalue weighted by Gasteiger charge is -2.15. The molecule has 0 fully saturated rings. The van der Waals surface area contributed by atoms with Crippen LogP contribution >= 0.6 is 0 Å². The zero-order valence-corrected chi connectivity index (χ0v) is 8.83. The van der Waals surface area contributed by atoms with Crippen molar-refractivity contribution in [1.82, 2.24) is 0 Å². The lowest BCUT2D eigenvalue weighted by Crippen LogP contribution is -2.14. The van der Waals surface area contributed by atoms with Crippen molar-refractivity contribution in [1.29, 1.82) is 0 Å². The molecule has 0 aromatic carbocycles. The number of methoxy groups -OCH3 is 1. The molecule has 1 N–H and O–H groups in total. The average molecular weight is 186 g/mol.